The number of methoxy groups -OCH3 is 2. The van der Waals surface area contributed by atoms with Crippen molar-refractivity contribution in [2.24, 2.45) is 0 Å². The Morgan fingerprint density at radius 3 is 2.54 bits per heavy atom. The van der Waals surface area contributed by atoms with Gasteiger partial charge in [0, 0.05) is 27.7 Å². The number of anilines is 1. The number of hydrogen-bond acceptors (Lipinski definition) is 4. The highest BCUT2D eigenvalue weighted by Gasteiger charge is 2.26. The number of nitrogens with one attached hydrogen (secondary N) is 1. The van der Waals surface area contributed by atoms with Crippen LogP contribution in [-0.2, 0) is 6.42 Å². The van der Waals surface area contributed by atoms with Gasteiger partial charge >= 0.3 is 0 Å². The number of fused-ring (bicyclic) bond motifs is 1. The van der Waals surface area contributed by atoms with Crippen LogP contribution in [0.3, 0.4) is 0 Å². The van der Waals surface area contributed by atoms with Crippen molar-refractivity contribution in [2.45, 2.75) is 6.42 Å². The number of hydrogen-bond donors (Lipinski definition) is 1. The Morgan fingerprint density at radius 1 is 1.08 bits per heavy atom. The average Bonchev–Trinajstić information content (AvgIpc) is 3.22. The fourth-order valence-electron chi connectivity index (χ4n) is 3.31. The number of nitrogens with zero attached hydrogens (tertiary/aromatic N) is 2. The van der Waals surface area contributed by atoms with Crippen LogP contribution in [0.2, 0.25) is 10.0 Å². The summed E-state index contributed by atoms with van der Waals surface area (Å²) in [7, 11) is 3.26. The molecule has 1 N–H and O–H groups in total. The quantitative estimate of drug-likeness (QED) is 0.693. The summed E-state index contributed by atoms with van der Waals surface area (Å²) < 4.78 is 12.9. The molecule has 134 valence electrons. The van der Waals surface area contributed by atoms with Crippen LogP contribution in [0.1, 0.15) is 5.56 Å². The Balaban J connectivity index is 1.93. The smallest absolute Gasteiger partial charge is 0.170 e. The minimum atomic E-state index is 0.565. The van der Waals surface area contributed by atoms with E-state index in [4.69, 9.17) is 37.8 Å². The minimum absolute atomic E-state index is 0.565. The first-order chi connectivity index (χ1) is 12.6. The molecule has 0 fully saturated rings. The molecule has 0 spiro atoms. The number of rotatable bonds is 4. The van der Waals surface area contributed by atoms with Crippen LogP contribution in [-0.4, -0.2) is 30.5 Å². The van der Waals surface area contributed by atoms with E-state index in [1.165, 1.54) is 0 Å². The second kappa shape index (κ2) is 6.74. The molecule has 1 aliphatic heterocycles. The first-order valence-corrected chi connectivity index (χ1v) is 8.91. The molecule has 26 heavy (non-hydrogen) atoms. The molecule has 1 aliphatic rings. The third kappa shape index (κ3) is 2.77. The Labute approximate surface area is 161 Å². The molecule has 2 aromatic carbocycles. The van der Waals surface area contributed by atoms with Crippen molar-refractivity contribution in [1.82, 2.24) is 9.78 Å². The molecule has 7 heteroatoms. The van der Waals surface area contributed by atoms with Crippen LogP contribution in [0.25, 0.3) is 16.9 Å². The van der Waals surface area contributed by atoms with Gasteiger partial charge in [0.1, 0.15) is 11.5 Å². The van der Waals surface area contributed by atoms with Gasteiger partial charge in [0.2, 0.25) is 0 Å². The van der Waals surface area contributed by atoms with Crippen molar-refractivity contribution in [2.75, 3.05) is 26.1 Å². The van der Waals surface area contributed by atoms with Gasteiger partial charge in [-0.2, -0.15) is 5.10 Å². The van der Waals surface area contributed by atoms with E-state index in [0.29, 0.717) is 21.5 Å². The van der Waals surface area contributed by atoms with E-state index in [-0.39, 0.29) is 0 Å². The van der Waals surface area contributed by atoms with Crippen LogP contribution in [0.4, 0.5) is 5.82 Å². The van der Waals surface area contributed by atoms with Gasteiger partial charge in [0.05, 0.1) is 19.9 Å². The average molecular weight is 390 g/mol. The largest absolute Gasteiger partial charge is 0.493 e. The van der Waals surface area contributed by atoms with Crippen LogP contribution >= 0.6 is 23.2 Å². The maximum atomic E-state index is 6.18. The maximum Gasteiger partial charge on any atom is 0.170 e. The van der Waals surface area contributed by atoms with Gasteiger partial charge in [-0.05, 0) is 36.8 Å². The number of benzene rings is 2. The highest BCUT2D eigenvalue weighted by molar-refractivity contribution is 6.34. The highest BCUT2D eigenvalue weighted by Crippen LogP contribution is 2.42. The molecular weight excluding hydrogens is 373 g/mol. The minimum Gasteiger partial charge on any atom is -0.493 e. The summed E-state index contributed by atoms with van der Waals surface area (Å²) >= 11 is 12.4. The summed E-state index contributed by atoms with van der Waals surface area (Å²) in [4.78, 5) is 0. The first-order valence-electron chi connectivity index (χ1n) is 8.16. The summed E-state index contributed by atoms with van der Waals surface area (Å²) in [6.45, 7) is 0.848. The van der Waals surface area contributed by atoms with Crippen molar-refractivity contribution in [1.29, 1.82) is 0 Å². The fourth-order valence-corrected chi connectivity index (χ4v) is 3.83. The zero-order valence-corrected chi connectivity index (χ0v) is 15.9. The molecular formula is C19H17Cl2N3O2. The van der Waals surface area contributed by atoms with E-state index in [9.17, 15) is 0 Å². The van der Waals surface area contributed by atoms with Gasteiger partial charge in [-0.15, -0.1) is 0 Å². The van der Waals surface area contributed by atoms with Gasteiger partial charge < -0.3 is 14.8 Å². The molecule has 0 amide bonds. The second-order valence-electron chi connectivity index (χ2n) is 5.93. The molecule has 0 atom stereocenters. The lowest BCUT2D eigenvalue weighted by atomic mass is 10.1. The van der Waals surface area contributed by atoms with Crippen molar-refractivity contribution in [3.8, 4) is 28.4 Å². The number of aromatic nitrogens is 2. The summed E-state index contributed by atoms with van der Waals surface area (Å²) in [6.07, 6.45) is 0.874. The molecule has 0 bridgehead atoms. The van der Waals surface area contributed by atoms with E-state index in [1.807, 2.05) is 35.0 Å². The van der Waals surface area contributed by atoms with Gasteiger partial charge in [0.25, 0.3) is 0 Å². The van der Waals surface area contributed by atoms with Crippen molar-refractivity contribution in [3.05, 3.63) is 52.0 Å². The number of halogens is 2. The molecule has 0 saturated carbocycles. The van der Waals surface area contributed by atoms with Crippen LogP contribution in [0, 0.1) is 0 Å². The lowest BCUT2D eigenvalue weighted by Gasteiger charge is -2.12. The third-order valence-corrected chi connectivity index (χ3v) is 4.84. The first kappa shape index (κ1) is 17.1. The molecule has 5 nitrogen and oxygen atoms in total. The van der Waals surface area contributed by atoms with Gasteiger partial charge in [0.15, 0.2) is 11.5 Å². The highest BCUT2D eigenvalue weighted by atomic mass is 35.5. The monoisotopic (exact) mass is 389 g/mol. The normalized spacial score (nSPS) is 12.6. The van der Waals surface area contributed by atoms with Crippen LogP contribution in [0.5, 0.6) is 11.5 Å². The van der Waals surface area contributed by atoms with Crippen LogP contribution < -0.4 is 14.8 Å². The van der Waals surface area contributed by atoms with E-state index in [2.05, 4.69) is 5.32 Å². The lowest BCUT2D eigenvalue weighted by molar-refractivity contribution is 0.356. The van der Waals surface area contributed by atoms with E-state index in [1.54, 1.807) is 20.3 Å². The zero-order valence-electron chi connectivity index (χ0n) is 14.3. The second-order valence-corrected chi connectivity index (χ2v) is 6.81. The predicted octanol–water partition coefficient (Wildman–Crippen LogP) is 4.83. The van der Waals surface area contributed by atoms with E-state index < -0.39 is 0 Å². The Morgan fingerprint density at radius 2 is 1.85 bits per heavy atom. The molecule has 4 rings (SSSR count). The standard InChI is InChI=1S/C19H17Cl2N3O2/c1-25-16-5-3-4-14(18(16)26-2)17-15-6-7-22-19(15)24(23-17)13-9-11(20)8-12(21)10-13/h3-5,8-10,22H,6-7H2,1-2H3. The maximum absolute atomic E-state index is 6.18. The molecule has 1 aromatic heterocycles. The van der Waals surface area contributed by atoms with Crippen molar-refractivity contribution < 1.29 is 9.47 Å². The molecule has 0 aliphatic carbocycles. The number of ether oxygens (including phenoxy) is 2. The summed E-state index contributed by atoms with van der Waals surface area (Å²) in [5.41, 5.74) is 3.68. The Bertz CT molecular complexity index is 965. The van der Waals surface area contributed by atoms with Gasteiger partial charge in [-0.25, -0.2) is 4.68 Å². The number of para-hydroxylation sites is 1. The topological polar surface area (TPSA) is 48.3 Å². The molecule has 0 saturated heterocycles. The van der Waals surface area contributed by atoms with E-state index in [0.717, 1.165) is 41.3 Å². The lowest BCUT2D eigenvalue weighted by Crippen LogP contribution is -2.04. The van der Waals surface area contributed by atoms with E-state index >= 15 is 0 Å². The van der Waals surface area contributed by atoms with Crippen LogP contribution in [0.15, 0.2) is 36.4 Å². The zero-order chi connectivity index (χ0) is 18.3. The van der Waals surface area contributed by atoms with Crippen molar-refractivity contribution >= 4 is 29.0 Å². The Hall–Kier alpha value is -2.37. The SMILES string of the molecule is COc1cccc(-c2nn(-c3cc(Cl)cc(Cl)c3)c3c2CCN3)c1OC. The van der Waals surface area contributed by atoms with Gasteiger partial charge in [-0.3, -0.25) is 0 Å². The summed E-state index contributed by atoms with van der Waals surface area (Å²) in [5, 5.41) is 9.37. The van der Waals surface area contributed by atoms with Gasteiger partial charge in [-0.1, -0.05) is 29.3 Å². The Kier molecular flexibility index (Phi) is 4.42. The molecule has 0 radical (unpaired) electrons. The summed E-state index contributed by atoms with van der Waals surface area (Å²) in [6, 6.07) is 11.2. The molecule has 3 aromatic rings. The summed E-state index contributed by atoms with van der Waals surface area (Å²) in [5.74, 6) is 2.28. The molecule has 0 unspecified atom stereocenters. The fraction of sp³-hybridized carbons (Fsp3) is 0.211. The van der Waals surface area contributed by atoms with Crippen molar-refractivity contribution in [3.63, 3.8) is 0 Å². The molecule has 2 heterocycles. The predicted molar refractivity (Wildman–Crippen MR) is 104 cm³/mol. The third-order valence-electron chi connectivity index (χ3n) is 4.40.